The minimum atomic E-state index is -0.113. The molecule has 2 unspecified atom stereocenters. The van der Waals surface area contributed by atoms with Crippen LogP contribution in [0.1, 0.15) is 29.9 Å². The lowest BCUT2D eigenvalue weighted by Crippen LogP contribution is -2.39. The molecule has 0 aliphatic heterocycles. The molecule has 1 aliphatic carbocycles. The molecular formula is C20H24FN3. The molecule has 0 bridgehead atoms. The summed E-state index contributed by atoms with van der Waals surface area (Å²) in [7, 11) is 1.77. The van der Waals surface area contributed by atoms with Gasteiger partial charge in [-0.25, -0.2) is 4.39 Å². The van der Waals surface area contributed by atoms with E-state index in [1.54, 1.807) is 13.1 Å². The predicted molar refractivity (Wildman–Crippen MR) is 96.8 cm³/mol. The zero-order chi connectivity index (χ0) is 16.8. The summed E-state index contributed by atoms with van der Waals surface area (Å²) in [5.74, 6) is 0.929. The Bertz CT molecular complexity index is 684. The molecule has 1 aliphatic rings. The van der Waals surface area contributed by atoms with Crippen LogP contribution in [0.2, 0.25) is 0 Å². The average molecular weight is 325 g/mol. The van der Waals surface area contributed by atoms with E-state index < -0.39 is 0 Å². The highest BCUT2D eigenvalue weighted by Gasteiger charge is 2.40. The molecule has 0 spiro atoms. The molecule has 126 valence electrons. The highest BCUT2D eigenvalue weighted by Crippen LogP contribution is 2.41. The fourth-order valence-corrected chi connectivity index (χ4v) is 2.99. The smallest absolute Gasteiger partial charge is 0.191 e. The Balaban J connectivity index is 1.41. The van der Waals surface area contributed by atoms with Crippen LogP contribution in [-0.4, -0.2) is 25.6 Å². The molecule has 24 heavy (non-hydrogen) atoms. The van der Waals surface area contributed by atoms with E-state index in [0.29, 0.717) is 0 Å². The first-order valence-corrected chi connectivity index (χ1v) is 8.53. The summed E-state index contributed by atoms with van der Waals surface area (Å²) in [5.41, 5.74) is 2.15. The van der Waals surface area contributed by atoms with E-state index >= 15 is 0 Å². The van der Waals surface area contributed by atoms with Gasteiger partial charge in [-0.1, -0.05) is 48.5 Å². The van der Waals surface area contributed by atoms with Crippen molar-refractivity contribution in [3.05, 3.63) is 71.5 Å². The number of halogens is 1. The van der Waals surface area contributed by atoms with E-state index in [2.05, 4.69) is 39.9 Å². The first kappa shape index (κ1) is 16.5. The van der Waals surface area contributed by atoms with Gasteiger partial charge in [-0.15, -0.1) is 0 Å². The van der Waals surface area contributed by atoms with Crippen molar-refractivity contribution in [2.45, 2.75) is 31.2 Å². The van der Waals surface area contributed by atoms with Gasteiger partial charge >= 0.3 is 0 Å². The molecular weight excluding hydrogens is 301 g/mol. The van der Waals surface area contributed by atoms with Gasteiger partial charge < -0.3 is 10.6 Å². The van der Waals surface area contributed by atoms with Crippen molar-refractivity contribution in [1.29, 1.82) is 0 Å². The molecule has 3 nitrogen and oxygen atoms in total. The average Bonchev–Trinajstić information content (AvgIpc) is 3.38. The van der Waals surface area contributed by atoms with E-state index in [1.807, 2.05) is 18.2 Å². The monoisotopic (exact) mass is 325 g/mol. The van der Waals surface area contributed by atoms with E-state index in [1.165, 1.54) is 11.6 Å². The van der Waals surface area contributed by atoms with Crippen LogP contribution in [0.15, 0.2) is 59.6 Å². The molecule has 0 amide bonds. The van der Waals surface area contributed by atoms with Gasteiger partial charge in [0.1, 0.15) is 5.82 Å². The number of aliphatic imine (C=N–C) groups is 1. The maximum atomic E-state index is 13.8. The van der Waals surface area contributed by atoms with Crippen LogP contribution in [-0.2, 0) is 6.42 Å². The van der Waals surface area contributed by atoms with Gasteiger partial charge in [-0.05, 0) is 36.5 Å². The molecule has 0 aromatic heterocycles. The third kappa shape index (κ3) is 4.34. The first-order chi connectivity index (χ1) is 11.8. The second kappa shape index (κ2) is 7.95. The second-order valence-electron chi connectivity index (χ2n) is 6.20. The van der Waals surface area contributed by atoms with Crippen LogP contribution in [0.4, 0.5) is 4.39 Å². The van der Waals surface area contributed by atoms with Crippen LogP contribution < -0.4 is 10.6 Å². The summed E-state index contributed by atoms with van der Waals surface area (Å²) in [4.78, 5) is 4.26. The quantitative estimate of drug-likeness (QED) is 0.485. The number of benzene rings is 2. The molecule has 2 aromatic rings. The molecule has 0 saturated heterocycles. The van der Waals surface area contributed by atoms with E-state index in [9.17, 15) is 4.39 Å². The Kier molecular flexibility index (Phi) is 5.47. The summed E-state index contributed by atoms with van der Waals surface area (Å²) in [6, 6.07) is 17.8. The Morgan fingerprint density at radius 3 is 2.62 bits per heavy atom. The number of nitrogens with zero attached hydrogens (tertiary/aromatic N) is 1. The number of hydrogen-bond donors (Lipinski definition) is 2. The van der Waals surface area contributed by atoms with Gasteiger partial charge in [-0.2, -0.15) is 0 Å². The maximum Gasteiger partial charge on any atom is 0.191 e. The van der Waals surface area contributed by atoms with E-state index in [4.69, 9.17) is 0 Å². The number of hydrogen-bond acceptors (Lipinski definition) is 1. The van der Waals surface area contributed by atoms with E-state index in [-0.39, 0.29) is 17.8 Å². The standard InChI is InChI=1S/C20H24FN3/c1-22-20(23-13-7-10-15-8-3-2-4-9-15)24-19-14-17(19)16-11-5-6-12-18(16)21/h2-6,8-9,11-12,17,19H,7,10,13-14H2,1H3,(H2,22,23,24). The van der Waals surface area contributed by atoms with Crippen molar-refractivity contribution in [3.8, 4) is 0 Å². The normalized spacial score (nSPS) is 19.8. The Labute approximate surface area is 143 Å². The van der Waals surface area contributed by atoms with Crippen LogP contribution in [0.25, 0.3) is 0 Å². The van der Waals surface area contributed by atoms with Gasteiger partial charge in [0, 0.05) is 25.6 Å². The van der Waals surface area contributed by atoms with Crippen LogP contribution in [0, 0.1) is 5.82 Å². The Morgan fingerprint density at radius 1 is 1.12 bits per heavy atom. The maximum absolute atomic E-state index is 13.8. The number of guanidine groups is 1. The summed E-state index contributed by atoms with van der Waals surface area (Å²) >= 11 is 0. The summed E-state index contributed by atoms with van der Waals surface area (Å²) in [6.07, 6.45) is 3.05. The lowest BCUT2D eigenvalue weighted by molar-refractivity contribution is 0.607. The van der Waals surface area contributed by atoms with Crippen molar-refractivity contribution in [2.75, 3.05) is 13.6 Å². The SMILES string of the molecule is CN=C(NCCCc1ccccc1)NC1CC1c1ccccc1F. The second-order valence-corrected chi connectivity index (χ2v) is 6.20. The minimum absolute atomic E-state index is 0.113. The van der Waals surface area contributed by atoms with Crippen LogP contribution in [0.3, 0.4) is 0 Å². The third-order valence-corrected chi connectivity index (χ3v) is 4.42. The van der Waals surface area contributed by atoms with Gasteiger partial charge in [0.2, 0.25) is 0 Å². The lowest BCUT2D eigenvalue weighted by Gasteiger charge is -2.12. The summed E-state index contributed by atoms with van der Waals surface area (Å²) < 4.78 is 13.8. The molecule has 2 N–H and O–H groups in total. The van der Waals surface area contributed by atoms with Gasteiger partial charge in [-0.3, -0.25) is 4.99 Å². The van der Waals surface area contributed by atoms with Crippen molar-refractivity contribution in [2.24, 2.45) is 4.99 Å². The highest BCUT2D eigenvalue weighted by atomic mass is 19.1. The van der Waals surface area contributed by atoms with Crippen LogP contribution in [0.5, 0.6) is 0 Å². The molecule has 0 radical (unpaired) electrons. The Morgan fingerprint density at radius 2 is 1.88 bits per heavy atom. The predicted octanol–water partition coefficient (Wildman–Crippen LogP) is 3.48. The summed E-state index contributed by atoms with van der Waals surface area (Å²) in [6.45, 7) is 0.867. The molecule has 1 fully saturated rings. The zero-order valence-electron chi connectivity index (χ0n) is 14.0. The van der Waals surface area contributed by atoms with Crippen molar-refractivity contribution in [3.63, 3.8) is 0 Å². The lowest BCUT2D eigenvalue weighted by atomic mass is 10.1. The Hall–Kier alpha value is -2.36. The van der Waals surface area contributed by atoms with Gasteiger partial charge in [0.05, 0.1) is 0 Å². The largest absolute Gasteiger partial charge is 0.356 e. The third-order valence-electron chi connectivity index (χ3n) is 4.42. The highest BCUT2D eigenvalue weighted by molar-refractivity contribution is 5.80. The zero-order valence-corrected chi connectivity index (χ0v) is 14.0. The molecule has 4 heteroatoms. The van der Waals surface area contributed by atoms with Crippen LogP contribution >= 0.6 is 0 Å². The van der Waals surface area contributed by atoms with Gasteiger partial charge in [0.25, 0.3) is 0 Å². The van der Waals surface area contributed by atoms with Crippen molar-refractivity contribution >= 4 is 5.96 Å². The fraction of sp³-hybridized carbons (Fsp3) is 0.350. The molecule has 3 rings (SSSR count). The number of rotatable bonds is 6. The van der Waals surface area contributed by atoms with Crippen molar-refractivity contribution in [1.82, 2.24) is 10.6 Å². The van der Waals surface area contributed by atoms with E-state index in [0.717, 1.165) is 37.3 Å². The van der Waals surface area contributed by atoms with Crippen molar-refractivity contribution < 1.29 is 4.39 Å². The fourth-order valence-electron chi connectivity index (χ4n) is 2.99. The van der Waals surface area contributed by atoms with Gasteiger partial charge in [0.15, 0.2) is 5.96 Å². The number of nitrogens with one attached hydrogen (secondary N) is 2. The number of aryl methyl sites for hydroxylation is 1. The minimum Gasteiger partial charge on any atom is -0.356 e. The molecule has 1 saturated carbocycles. The first-order valence-electron chi connectivity index (χ1n) is 8.53. The molecule has 2 atom stereocenters. The topological polar surface area (TPSA) is 36.4 Å². The molecule has 0 heterocycles. The molecule has 2 aromatic carbocycles. The summed E-state index contributed by atoms with van der Waals surface area (Å²) in [5, 5.41) is 6.73.